The van der Waals surface area contributed by atoms with Gasteiger partial charge in [-0.25, -0.2) is 0 Å². The van der Waals surface area contributed by atoms with Crippen LogP contribution < -0.4 is 11.1 Å². The second-order valence-corrected chi connectivity index (χ2v) is 8.10. The Morgan fingerprint density at radius 1 is 1.23 bits per heavy atom. The van der Waals surface area contributed by atoms with E-state index in [4.69, 9.17) is 5.73 Å². The summed E-state index contributed by atoms with van der Waals surface area (Å²) < 4.78 is 0.912. The van der Waals surface area contributed by atoms with Crippen LogP contribution in [0.4, 0.5) is 11.4 Å². The van der Waals surface area contributed by atoms with Crippen molar-refractivity contribution in [3.8, 4) is 0 Å². The van der Waals surface area contributed by atoms with Crippen LogP contribution in [0.1, 0.15) is 52.9 Å². The third kappa shape index (κ3) is 4.25. The van der Waals surface area contributed by atoms with Crippen LogP contribution >= 0.6 is 15.9 Å². The fraction of sp³-hybridized carbons (Fsp3) is 0.556. The minimum Gasteiger partial charge on any atom is -0.397 e. The highest BCUT2D eigenvalue weighted by Gasteiger charge is 2.39. The Labute approximate surface area is 142 Å². The molecule has 121 valence electrons. The van der Waals surface area contributed by atoms with Gasteiger partial charge in [-0.05, 0) is 42.4 Å². The van der Waals surface area contributed by atoms with E-state index < -0.39 is 0 Å². The highest BCUT2D eigenvalue weighted by atomic mass is 79.9. The van der Waals surface area contributed by atoms with Crippen molar-refractivity contribution < 1.29 is 4.79 Å². The number of carbonyl (C=O) groups excluding carboxylic acids is 1. The van der Waals surface area contributed by atoms with Gasteiger partial charge < -0.3 is 11.1 Å². The zero-order chi connectivity index (χ0) is 16.3. The molecule has 1 amide bonds. The van der Waals surface area contributed by atoms with Crippen LogP contribution in [0.5, 0.6) is 0 Å². The van der Waals surface area contributed by atoms with Crippen molar-refractivity contribution in [2.75, 3.05) is 11.1 Å². The normalized spacial score (nSPS) is 16.8. The van der Waals surface area contributed by atoms with Gasteiger partial charge in [0.2, 0.25) is 5.91 Å². The molecule has 3 N–H and O–H groups in total. The first-order chi connectivity index (χ1) is 10.3. The molecule has 0 aliphatic heterocycles. The summed E-state index contributed by atoms with van der Waals surface area (Å²) in [7, 11) is 0. The lowest BCUT2D eigenvalue weighted by Crippen LogP contribution is -2.37. The average Bonchev–Trinajstić information content (AvgIpc) is 2.42. The van der Waals surface area contributed by atoms with E-state index in [1.165, 1.54) is 19.3 Å². The number of nitrogens with two attached hydrogens (primary N) is 1. The van der Waals surface area contributed by atoms with E-state index in [0.717, 1.165) is 23.2 Å². The van der Waals surface area contributed by atoms with Crippen LogP contribution in [0.2, 0.25) is 0 Å². The Balaban J connectivity index is 2.18. The SMILES string of the molecule is CC(C)(C)[C](C(=O)Nc1ccc(Br)cc1N)C1CCCCC1. The van der Waals surface area contributed by atoms with E-state index in [0.29, 0.717) is 17.3 Å². The fourth-order valence-electron chi connectivity index (χ4n) is 3.37. The lowest BCUT2D eigenvalue weighted by atomic mass is 9.68. The van der Waals surface area contributed by atoms with Crippen molar-refractivity contribution in [3.05, 3.63) is 28.6 Å². The van der Waals surface area contributed by atoms with Crippen LogP contribution in [0.15, 0.2) is 22.7 Å². The lowest BCUT2D eigenvalue weighted by Gasteiger charge is -2.37. The summed E-state index contributed by atoms with van der Waals surface area (Å²) in [5, 5.41) is 3.02. The summed E-state index contributed by atoms with van der Waals surface area (Å²) in [5.74, 6) is 1.42. The molecule has 22 heavy (non-hydrogen) atoms. The van der Waals surface area contributed by atoms with Crippen LogP contribution in [-0.4, -0.2) is 5.91 Å². The molecule has 1 saturated carbocycles. The molecule has 0 saturated heterocycles. The molecule has 1 aromatic carbocycles. The smallest absolute Gasteiger partial charge is 0.232 e. The molecule has 0 unspecified atom stereocenters. The summed E-state index contributed by atoms with van der Waals surface area (Å²) in [6, 6.07) is 5.55. The fourth-order valence-corrected chi connectivity index (χ4v) is 3.75. The van der Waals surface area contributed by atoms with E-state index in [1.807, 2.05) is 18.2 Å². The third-order valence-electron chi connectivity index (χ3n) is 4.33. The average molecular weight is 366 g/mol. The number of rotatable bonds is 3. The molecule has 2 rings (SSSR count). The number of benzene rings is 1. The second kappa shape index (κ2) is 7.03. The number of hydrogen-bond acceptors (Lipinski definition) is 2. The molecule has 4 heteroatoms. The highest BCUT2D eigenvalue weighted by molar-refractivity contribution is 9.10. The van der Waals surface area contributed by atoms with Crippen LogP contribution in [0.3, 0.4) is 0 Å². The molecule has 1 fully saturated rings. The van der Waals surface area contributed by atoms with Crippen molar-refractivity contribution in [2.45, 2.75) is 52.9 Å². The number of hydrogen-bond donors (Lipinski definition) is 2. The summed E-state index contributed by atoms with van der Waals surface area (Å²) >= 11 is 3.39. The van der Waals surface area contributed by atoms with E-state index >= 15 is 0 Å². The van der Waals surface area contributed by atoms with Gasteiger partial charge in [0, 0.05) is 4.47 Å². The third-order valence-corrected chi connectivity index (χ3v) is 4.82. The summed E-state index contributed by atoms with van der Waals surface area (Å²) in [4.78, 5) is 12.9. The molecular weight excluding hydrogens is 340 g/mol. The summed E-state index contributed by atoms with van der Waals surface area (Å²) in [6.45, 7) is 6.38. The molecular formula is C18H26BrN2O. The number of nitrogen functional groups attached to an aromatic ring is 1. The molecule has 3 nitrogen and oxygen atoms in total. The van der Waals surface area contributed by atoms with Gasteiger partial charge in [-0.2, -0.15) is 0 Å². The highest BCUT2D eigenvalue weighted by Crippen LogP contribution is 2.42. The van der Waals surface area contributed by atoms with Crippen molar-refractivity contribution in [2.24, 2.45) is 11.3 Å². The number of amides is 1. The first-order valence-electron chi connectivity index (χ1n) is 8.02. The summed E-state index contributed by atoms with van der Waals surface area (Å²) in [5.41, 5.74) is 7.14. The summed E-state index contributed by atoms with van der Waals surface area (Å²) in [6.07, 6.45) is 5.97. The second-order valence-electron chi connectivity index (χ2n) is 7.18. The molecule has 1 aromatic rings. The Bertz CT molecular complexity index is 530. The van der Waals surface area contributed by atoms with E-state index in [9.17, 15) is 4.79 Å². The number of carbonyl (C=O) groups is 1. The molecule has 0 spiro atoms. The molecule has 1 aliphatic carbocycles. The largest absolute Gasteiger partial charge is 0.397 e. The van der Waals surface area contributed by atoms with Crippen molar-refractivity contribution in [1.82, 2.24) is 0 Å². The van der Waals surface area contributed by atoms with Crippen molar-refractivity contribution in [3.63, 3.8) is 0 Å². The minimum atomic E-state index is -0.129. The van der Waals surface area contributed by atoms with E-state index in [-0.39, 0.29) is 11.3 Å². The molecule has 0 heterocycles. The monoisotopic (exact) mass is 365 g/mol. The van der Waals surface area contributed by atoms with Gasteiger partial charge in [-0.3, -0.25) is 4.79 Å². The molecule has 0 bridgehead atoms. The molecule has 1 radical (unpaired) electrons. The minimum absolute atomic E-state index is 0.0217. The van der Waals surface area contributed by atoms with Gasteiger partial charge in [0.1, 0.15) is 0 Å². The van der Waals surface area contributed by atoms with Crippen LogP contribution in [-0.2, 0) is 4.79 Å². The number of anilines is 2. The van der Waals surface area contributed by atoms with Gasteiger partial charge >= 0.3 is 0 Å². The number of nitrogens with one attached hydrogen (secondary N) is 1. The van der Waals surface area contributed by atoms with Crippen LogP contribution in [0, 0.1) is 17.3 Å². The Morgan fingerprint density at radius 2 is 1.86 bits per heavy atom. The Hall–Kier alpha value is -1.03. The lowest BCUT2D eigenvalue weighted by molar-refractivity contribution is -0.117. The Kier molecular flexibility index (Phi) is 5.54. The zero-order valence-corrected chi connectivity index (χ0v) is 15.3. The maximum atomic E-state index is 12.9. The first-order valence-corrected chi connectivity index (χ1v) is 8.82. The van der Waals surface area contributed by atoms with Gasteiger partial charge in [-0.1, -0.05) is 56.0 Å². The zero-order valence-electron chi connectivity index (χ0n) is 13.7. The molecule has 0 atom stereocenters. The quantitative estimate of drug-likeness (QED) is 0.725. The molecule has 0 aromatic heterocycles. The first kappa shape index (κ1) is 17.3. The van der Waals surface area contributed by atoms with E-state index in [2.05, 4.69) is 42.0 Å². The number of halogens is 1. The van der Waals surface area contributed by atoms with Gasteiger partial charge in [0.25, 0.3) is 0 Å². The topological polar surface area (TPSA) is 55.1 Å². The van der Waals surface area contributed by atoms with Gasteiger partial charge in [0.15, 0.2) is 0 Å². The maximum Gasteiger partial charge on any atom is 0.232 e. The molecule has 1 aliphatic rings. The standard InChI is InChI=1S/C18H26BrN2O/c1-18(2,3)16(12-7-5-4-6-8-12)17(22)21-15-10-9-13(19)11-14(15)20/h9-12H,4-8,20H2,1-3H3,(H,21,22). The Morgan fingerprint density at radius 3 is 2.41 bits per heavy atom. The van der Waals surface area contributed by atoms with Gasteiger partial charge in [0.05, 0.1) is 17.3 Å². The van der Waals surface area contributed by atoms with E-state index in [1.54, 1.807) is 0 Å². The van der Waals surface area contributed by atoms with Crippen molar-refractivity contribution in [1.29, 1.82) is 0 Å². The predicted molar refractivity (Wildman–Crippen MR) is 96.5 cm³/mol. The van der Waals surface area contributed by atoms with Crippen LogP contribution in [0.25, 0.3) is 0 Å². The van der Waals surface area contributed by atoms with Crippen molar-refractivity contribution >= 4 is 33.2 Å². The van der Waals surface area contributed by atoms with Gasteiger partial charge in [-0.15, -0.1) is 0 Å². The predicted octanol–water partition coefficient (Wildman–Crippen LogP) is 5.17. The maximum absolute atomic E-state index is 12.9.